The zero-order valence-electron chi connectivity index (χ0n) is 16.7. The molecule has 1 N–H and O–H groups in total. The number of hydrogen-bond donors (Lipinski definition) is 1. The normalized spacial score (nSPS) is 11.0. The minimum Gasteiger partial charge on any atom is -0.482 e. The number of carbonyl (C=O) groups excluding carboxylic acids is 1. The van der Waals surface area contributed by atoms with Crippen LogP contribution in [0.5, 0.6) is 5.88 Å². The fourth-order valence-corrected chi connectivity index (χ4v) is 3.37. The topological polar surface area (TPSA) is 43.3 Å². The summed E-state index contributed by atoms with van der Waals surface area (Å²) in [5.74, 6) is -1.47. The summed E-state index contributed by atoms with van der Waals surface area (Å²) in [5.41, 5.74) is 2.94. The first kappa shape index (κ1) is 20.6. The van der Waals surface area contributed by atoms with Crippen molar-refractivity contribution >= 4 is 5.91 Å². The van der Waals surface area contributed by atoms with Crippen molar-refractivity contribution in [3.05, 3.63) is 88.6 Å². The van der Waals surface area contributed by atoms with E-state index in [0.29, 0.717) is 23.6 Å². The maximum atomic E-state index is 13.4. The minimum absolute atomic E-state index is 0.0756. The highest BCUT2D eigenvalue weighted by Gasteiger charge is 2.23. The Morgan fingerprint density at radius 1 is 1.03 bits per heavy atom. The van der Waals surface area contributed by atoms with Gasteiger partial charge >= 0.3 is 0 Å². The number of nitrogens with one attached hydrogen (secondary N) is 1. The van der Waals surface area contributed by atoms with Gasteiger partial charge in [0.25, 0.3) is 5.91 Å². The molecule has 0 bridgehead atoms. The van der Waals surface area contributed by atoms with Crippen LogP contribution >= 0.6 is 0 Å². The van der Waals surface area contributed by atoms with Gasteiger partial charge in [0.2, 0.25) is 0 Å². The molecule has 0 unspecified atom stereocenters. The highest BCUT2D eigenvalue weighted by molar-refractivity contribution is 5.96. The third-order valence-corrected chi connectivity index (χ3v) is 4.72. The summed E-state index contributed by atoms with van der Waals surface area (Å²) in [7, 11) is 1.57. The van der Waals surface area contributed by atoms with E-state index in [-0.39, 0.29) is 18.4 Å². The van der Waals surface area contributed by atoms with Gasteiger partial charge in [-0.1, -0.05) is 50.2 Å². The van der Waals surface area contributed by atoms with Gasteiger partial charge in [-0.25, -0.2) is 8.78 Å². The summed E-state index contributed by atoms with van der Waals surface area (Å²) in [6.45, 7) is 4.71. The van der Waals surface area contributed by atoms with Crippen molar-refractivity contribution in [2.24, 2.45) is 0 Å². The smallest absolute Gasteiger partial charge is 0.253 e. The minimum atomic E-state index is -0.935. The second-order valence-electron chi connectivity index (χ2n) is 7.14. The van der Waals surface area contributed by atoms with Crippen molar-refractivity contribution in [3.8, 4) is 5.88 Å². The molecular weight excluding hydrogens is 374 g/mol. The van der Waals surface area contributed by atoms with Crippen LogP contribution in [0.25, 0.3) is 0 Å². The molecule has 3 rings (SSSR count). The summed E-state index contributed by atoms with van der Waals surface area (Å²) < 4.78 is 34.0. The second-order valence-corrected chi connectivity index (χ2v) is 7.14. The lowest BCUT2D eigenvalue weighted by atomic mass is 10.0. The van der Waals surface area contributed by atoms with Gasteiger partial charge in [0.05, 0.1) is 19.2 Å². The van der Waals surface area contributed by atoms with Crippen molar-refractivity contribution < 1.29 is 18.3 Å². The summed E-state index contributed by atoms with van der Waals surface area (Å²) in [6.07, 6.45) is 0. The molecule has 0 saturated carbocycles. The maximum absolute atomic E-state index is 13.4. The van der Waals surface area contributed by atoms with E-state index < -0.39 is 11.6 Å². The molecule has 152 valence electrons. The standard InChI is InChI=1S/C23H24F2N2O2/c1-15(2)22-18(23(28)26-13-17-9-10-19(24)20(25)11-17)12-21(29-3)27(22)14-16-7-5-4-6-8-16/h4-12,15H,13-14H2,1-3H3,(H,26,28). The third-order valence-electron chi connectivity index (χ3n) is 4.72. The lowest BCUT2D eigenvalue weighted by molar-refractivity contribution is 0.0949. The van der Waals surface area contributed by atoms with Crippen molar-refractivity contribution in [3.63, 3.8) is 0 Å². The molecule has 1 heterocycles. The van der Waals surface area contributed by atoms with Crippen LogP contribution in [0.3, 0.4) is 0 Å². The number of aromatic nitrogens is 1. The van der Waals surface area contributed by atoms with E-state index in [1.807, 2.05) is 48.7 Å². The Morgan fingerprint density at radius 3 is 2.38 bits per heavy atom. The summed E-state index contributed by atoms with van der Waals surface area (Å²) in [4.78, 5) is 12.9. The largest absolute Gasteiger partial charge is 0.482 e. The van der Waals surface area contributed by atoms with E-state index in [1.165, 1.54) is 6.07 Å². The molecule has 2 aromatic carbocycles. The number of rotatable bonds is 7. The number of nitrogens with zero attached hydrogens (tertiary/aromatic N) is 1. The molecule has 29 heavy (non-hydrogen) atoms. The molecule has 3 aromatic rings. The average molecular weight is 398 g/mol. The van der Waals surface area contributed by atoms with E-state index in [9.17, 15) is 13.6 Å². The Balaban J connectivity index is 1.87. The van der Waals surface area contributed by atoms with Crippen molar-refractivity contribution in [2.75, 3.05) is 7.11 Å². The molecule has 4 nitrogen and oxygen atoms in total. The van der Waals surface area contributed by atoms with Crippen molar-refractivity contribution in [1.82, 2.24) is 9.88 Å². The van der Waals surface area contributed by atoms with Crippen LogP contribution in [0.4, 0.5) is 8.78 Å². The molecule has 0 radical (unpaired) electrons. The van der Waals surface area contributed by atoms with Gasteiger partial charge in [-0.3, -0.25) is 4.79 Å². The highest BCUT2D eigenvalue weighted by Crippen LogP contribution is 2.30. The molecule has 0 saturated heterocycles. The Bertz CT molecular complexity index is 998. The quantitative estimate of drug-likeness (QED) is 0.617. The maximum Gasteiger partial charge on any atom is 0.253 e. The summed E-state index contributed by atoms with van der Waals surface area (Å²) in [5, 5.41) is 2.79. The monoisotopic (exact) mass is 398 g/mol. The van der Waals surface area contributed by atoms with Gasteiger partial charge in [-0.15, -0.1) is 0 Å². The number of methoxy groups -OCH3 is 1. The van der Waals surface area contributed by atoms with Crippen LogP contribution in [0, 0.1) is 11.6 Å². The van der Waals surface area contributed by atoms with Gasteiger partial charge in [-0.05, 0) is 29.2 Å². The van der Waals surface area contributed by atoms with Gasteiger partial charge in [0, 0.05) is 18.3 Å². The molecule has 0 aliphatic carbocycles. The lowest BCUT2D eigenvalue weighted by Gasteiger charge is -2.16. The molecule has 1 amide bonds. The highest BCUT2D eigenvalue weighted by atomic mass is 19.2. The number of halogens is 2. The molecule has 6 heteroatoms. The molecule has 1 aromatic heterocycles. The Hall–Kier alpha value is -3.15. The first-order valence-corrected chi connectivity index (χ1v) is 9.44. The first-order valence-electron chi connectivity index (χ1n) is 9.44. The molecule has 0 atom stereocenters. The summed E-state index contributed by atoms with van der Waals surface area (Å²) in [6, 6.07) is 15.2. The average Bonchev–Trinajstić information content (AvgIpc) is 3.08. The molecule has 0 spiro atoms. The van der Waals surface area contributed by atoms with Crippen LogP contribution in [0.2, 0.25) is 0 Å². The van der Waals surface area contributed by atoms with Gasteiger partial charge in [0.15, 0.2) is 17.5 Å². The number of amides is 1. The van der Waals surface area contributed by atoms with Gasteiger partial charge in [0.1, 0.15) is 0 Å². The molecular formula is C23H24F2N2O2. The zero-order valence-corrected chi connectivity index (χ0v) is 16.7. The van der Waals surface area contributed by atoms with Gasteiger partial charge in [-0.2, -0.15) is 0 Å². The zero-order chi connectivity index (χ0) is 21.0. The van der Waals surface area contributed by atoms with Gasteiger partial charge < -0.3 is 14.6 Å². The molecule has 0 aliphatic heterocycles. The number of hydrogen-bond acceptors (Lipinski definition) is 2. The molecule has 0 aliphatic rings. The van der Waals surface area contributed by atoms with E-state index >= 15 is 0 Å². The predicted octanol–water partition coefficient (Wildman–Crippen LogP) is 4.88. The van der Waals surface area contributed by atoms with Crippen LogP contribution in [-0.4, -0.2) is 17.6 Å². The van der Waals surface area contributed by atoms with Crippen LogP contribution in [0.15, 0.2) is 54.6 Å². The Kier molecular flexibility index (Phi) is 6.32. The number of benzene rings is 2. The van der Waals surface area contributed by atoms with E-state index in [0.717, 1.165) is 23.4 Å². The van der Waals surface area contributed by atoms with Crippen LogP contribution in [-0.2, 0) is 13.1 Å². The SMILES string of the molecule is COc1cc(C(=O)NCc2ccc(F)c(F)c2)c(C(C)C)n1Cc1ccccc1. The molecule has 0 fully saturated rings. The number of carbonyl (C=O) groups is 1. The van der Waals surface area contributed by atoms with Crippen LogP contribution < -0.4 is 10.1 Å². The second kappa shape index (κ2) is 8.90. The third kappa shape index (κ3) is 4.65. The van der Waals surface area contributed by atoms with Crippen LogP contribution in [0.1, 0.15) is 46.9 Å². The van der Waals surface area contributed by atoms with Crippen molar-refractivity contribution in [2.45, 2.75) is 32.9 Å². The number of ether oxygens (including phenoxy) is 1. The van der Waals surface area contributed by atoms with E-state index in [2.05, 4.69) is 5.32 Å². The van der Waals surface area contributed by atoms with E-state index in [1.54, 1.807) is 13.2 Å². The summed E-state index contributed by atoms with van der Waals surface area (Å²) >= 11 is 0. The van der Waals surface area contributed by atoms with E-state index in [4.69, 9.17) is 4.74 Å². The lowest BCUT2D eigenvalue weighted by Crippen LogP contribution is -2.24. The Labute approximate surface area is 169 Å². The predicted molar refractivity (Wildman–Crippen MR) is 108 cm³/mol. The Morgan fingerprint density at radius 2 is 1.76 bits per heavy atom. The fourth-order valence-electron chi connectivity index (χ4n) is 3.37. The fraction of sp³-hybridized carbons (Fsp3) is 0.261. The first-order chi connectivity index (χ1) is 13.9. The van der Waals surface area contributed by atoms with Crippen molar-refractivity contribution in [1.29, 1.82) is 0 Å².